The highest BCUT2D eigenvalue weighted by molar-refractivity contribution is 5.41. The van der Waals surface area contributed by atoms with Crippen LogP contribution in [-0.2, 0) is 0 Å². The van der Waals surface area contributed by atoms with Crippen molar-refractivity contribution in [2.45, 2.75) is 26.2 Å². The van der Waals surface area contributed by atoms with Gasteiger partial charge in [-0.3, -0.25) is 0 Å². The van der Waals surface area contributed by atoms with Crippen LogP contribution in [0.1, 0.15) is 26.2 Å². The Bertz CT molecular complexity index is 401. The van der Waals surface area contributed by atoms with Crippen LogP contribution in [-0.4, -0.2) is 55.1 Å². The molecule has 0 saturated carbocycles. The van der Waals surface area contributed by atoms with E-state index in [0.717, 1.165) is 37.2 Å². The molecule has 112 valence electrons. The largest absolute Gasteiger partial charge is 0.359 e. The van der Waals surface area contributed by atoms with Crippen molar-refractivity contribution >= 4 is 11.8 Å². The molecule has 0 atom stereocenters. The smallest absolute Gasteiger partial charge is 0.224 e. The van der Waals surface area contributed by atoms with Gasteiger partial charge < -0.3 is 15.1 Å². The molecule has 0 amide bonds. The van der Waals surface area contributed by atoms with E-state index in [2.05, 4.69) is 46.1 Å². The van der Waals surface area contributed by atoms with Crippen LogP contribution < -0.4 is 10.2 Å². The van der Waals surface area contributed by atoms with Crippen LogP contribution in [0, 0.1) is 5.92 Å². The van der Waals surface area contributed by atoms with E-state index in [1.54, 1.807) is 0 Å². The minimum atomic E-state index is 0.736. The molecule has 2 rings (SSSR count). The van der Waals surface area contributed by atoms with E-state index < -0.39 is 0 Å². The lowest BCUT2D eigenvalue weighted by atomic mass is 9.97. The Kier molecular flexibility index (Phi) is 5.59. The Morgan fingerprint density at radius 2 is 2.15 bits per heavy atom. The number of rotatable bonds is 6. The minimum absolute atomic E-state index is 0.736. The topological polar surface area (TPSA) is 44.3 Å². The maximum atomic E-state index is 4.58. The monoisotopic (exact) mass is 277 g/mol. The van der Waals surface area contributed by atoms with Gasteiger partial charge in [-0.05, 0) is 51.4 Å². The number of likely N-dealkylation sites (tertiary alicyclic amines) is 1. The lowest BCUT2D eigenvalue weighted by Crippen LogP contribution is -2.36. The SMILES string of the molecule is CCCNc1nccc(N(C)CC2CCN(C)CC2)n1. The average Bonchev–Trinajstić information content (AvgIpc) is 2.48. The normalized spacial score (nSPS) is 17.1. The lowest BCUT2D eigenvalue weighted by Gasteiger charge is -2.32. The van der Waals surface area contributed by atoms with Gasteiger partial charge >= 0.3 is 0 Å². The van der Waals surface area contributed by atoms with Gasteiger partial charge in [0.05, 0.1) is 0 Å². The molecular weight excluding hydrogens is 250 g/mol. The highest BCUT2D eigenvalue weighted by Gasteiger charge is 2.18. The van der Waals surface area contributed by atoms with Crippen LogP contribution in [0.25, 0.3) is 0 Å². The fourth-order valence-corrected chi connectivity index (χ4v) is 2.61. The predicted molar refractivity (Wildman–Crippen MR) is 84.3 cm³/mol. The summed E-state index contributed by atoms with van der Waals surface area (Å²) in [7, 11) is 4.33. The van der Waals surface area contributed by atoms with Gasteiger partial charge in [0.15, 0.2) is 0 Å². The summed E-state index contributed by atoms with van der Waals surface area (Å²) in [5, 5.41) is 3.24. The fraction of sp³-hybridized carbons (Fsp3) is 0.733. The molecular formula is C15H27N5. The average molecular weight is 277 g/mol. The maximum absolute atomic E-state index is 4.58. The van der Waals surface area contributed by atoms with Gasteiger partial charge in [-0.15, -0.1) is 0 Å². The van der Waals surface area contributed by atoms with Crippen molar-refractivity contribution in [3.8, 4) is 0 Å². The van der Waals surface area contributed by atoms with Crippen LogP contribution in [0.5, 0.6) is 0 Å². The second-order valence-electron chi connectivity index (χ2n) is 5.79. The van der Waals surface area contributed by atoms with E-state index in [1.165, 1.54) is 25.9 Å². The van der Waals surface area contributed by atoms with Crippen LogP contribution in [0.3, 0.4) is 0 Å². The Hall–Kier alpha value is -1.36. The molecule has 5 nitrogen and oxygen atoms in total. The molecule has 5 heteroatoms. The minimum Gasteiger partial charge on any atom is -0.359 e. The number of piperidine rings is 1. The summed E-state index contributed by atoms with van der Waals surface area (Å²) in [6, 6.07) is 1.99. The summed E-state index contributed by atoms with van der Waals surface area (Å²) in [4.78, 5) is 13.5. The first-order valence-electron chi connectivity index (χ1n) is 7.65. The maximum Gasteiger partial charge on any atom is 0.224 e. The Labute approximate surface area is 122 Å². The highest BCUT2D eigenvalue weighted by atomic mass is 15.2. The summed E-state index contributed by atoms with van der Waals surface area (Å²) in [5.74, 6) is 2.52. The first-order valence-corrected chi connectivity index (χ1v) is 7.65. The summed E-state index contributed by atoms with van der Waals surface area (Å²) in [6.07, 6.45) is 5.49. The molecule has 0 aromatic carbocycles. The Balaban J connectivity index is 1.89. The molecule has 2 heterocycles. The zero-order valence-electron chi connectivity index (χ0n) is 13.0. The van der Waals surface area contributed by atoms with Crippen molar-refractivity contribution in [3.05, 3.63) is 12.3 Å². The molecule has 1 saturated heterocycles. The van der Waals surface area contributed by atoms with Gasteiger partial charge in [0.1, 0.15) is 5.82 Å². The standard InChI is InChI=1S/C15H27N5/c1-4-8-16-15-17-9-5-14(18-15)20(3)12-13-6-10-19(2)11-7-13/h5,9,13H,4,6-8,10-12H2,1-3H3,(H,16,17,18). The molecule has 1 aliphatic heterocycles. The van der Waals surface area contributed by atoms with Crippen LogP contribution >= 0.6 is 0 Å². The molecule has 1 aromatic rings. The van der Waals surface area contributed by atoms with Crippen molar-refractivity contribution in [2.24, 2.45) is 5.92 Å². The third-order valence-corrected chi connectivity index (χ3v) is 3.94. The third-order valence-electron chi connectivity index (χ3n) is 3.94. The van der Waals surface area contributed by atoms with Crippen molar-refractivity contribution in [1.29, 1.82) is 0 Å². The van der Waals surface area contributed by atoms with Gasteiger partial charge in [-0.25, -0.2) is 4.98 Å². The fourth-order valence-electron chi connectivity index (χ4n) is 2.61. The van der Waals surface area contributed by atoms with E-state index in [4.69, 9.17) is 0 Å². The molecule has 0 aliphatic carbocycles. The molecule has 1 N–H and O–H groups in total. The molecule has 20 heavy (non-hydrogen) atoms. The molecule has 0 radical (unpaired) electrons. The van der Waals surface area contributed by atoms with Crippen molar-refractivity contribution in [2.75, 3.05) is 50.5 Å². The quantitative estimate of drug-likeness (QED) is 0.862. The van der Waals surface area contributed by atoms with Gasteiger partial charge in [-0.1, -0.05) is 6.92 Å². The summed E-state index contributed by atoms with van der Waals surface area (Å²) in [5.41, 5.74) is 0. The molecule has 0 bridgehead atoms. The number of nitrogens with zero attached hydrogens (tertiary/aromatic N) is 4. The van der Waals surface area contributed by atoms with Crippen molar-refractivity contribution in [3.63, 3.8) is 0 Å². The van der Waals surface area contributed by atoms with Gasteiger partial charge in [0.2, 0.25) is 5.95 Å². The van der Waals surface area contributed by atoms with E-state index in [0.29, 0.717) is 0 Å². The zero-order valence-corrected chi connectivity index (χ0v) is 13.0. The molecule has 0 spiro atoms. The third kappa shape index (κ3) is 4.34. The molecule has 1 fully saturated rings. The first kappa shape index (κ1) is 15.0. The number of hydrogen-bond acceptors (Lipinski definition) is 5. The molecule has 1 aromatic heterocycles. The Morgan fingerprint density at radius 1 is 1.40 bits per heavy atom. The van der Waals surface area contributed by atoms with Crippen LogP contribution in [0.15, 0.2) is 12.3 Å². The van der Waals surface area contributed by atoms with Crippen molar-refractivity contribution in [1.82, 2.24) is 14.9 Å². The number of nitrogens with one attached hydrogen (secondary N) is 1. The number of hydrogen-bond donors (Lipinski definition) is 1. The second-order valence-corrected chi connectivity index (χ2v) is 5.79. The zero-order chi connectivity index (χ0) is 14.4. The molecule has 1 aliphatic rings. The van der Waals surface area contributed by atoms with Crippen LogP contribution in [0.4, 0.5) is 11.8 Å². The predicted octanol–water partition coefficient (Wildman–Crippen LogP) is 2.08. The summed E-state index contributed by atoms with van der Waals surface area (Å²) < 4.78 is 0. The first-order chi connectivity index (χ1) is 9.69. The summed E-state index contributed by atoms with van der Waals surface area (Å²) in [6.45, 7) is 6.57. The van der Waals surface area contributed by atoms with E-state index in [-0.39, 0.29) is 0 Å². The van der Waals surface area contributed by atoms with E-state index in [9.17, 15) is 0 Å². The van der Waals surface area contributed by atoms with Gasteiger partial charge in [0.25, 0.3) is 0 Å². The second kappa shape index (κ2) is 7.43. The number of aromatic nitrogens is 2. The van der Waals surface area contributed by atoms with Gasteiger partial charge in [0, 0.05) is 26.3 Å². The highest BCUT2D eigenvalue weighted by Crippen LogP contribution is 2.19. The molecule has 0 unspecified atom stereocenters. The van der Waals surface area contributed by atoms with Crippen molar-refractivity contribution < 1.29 is 0 Å². The van der Waals surface area contributed by atoms with E-state index >= 15 is 0 Å². The Morgan fingerprint density at radius 3 is 2.85 bits per heavy atom. The van der Waals surface area contributed by atoms with Gasteiger partial charge in [-0.2, -0.15) is 4.98 Å². The summed E-state index contributed by atoms with van der Waals surface area (Å²) >= 11 is 0. The lowest BCUT2D eigenvalue weighted by molar-refractivity contribution is 0.222. The van der Waals surface area contributed by atoms with E-state index in [1.807, 2.05) is 12.3 Å². The number of anilines is 2. The van der Waals surface area contributed by atoms with Crippen LogP contribution in [0.2, 0.25) is 0 Å².